The molecule has 0 radical (unpaired) electrons. The fraction of sp³-hybridized carbons (Fsp3) is 0.769. The molecule has 114 valence electrons. The van der Waals surface area contributed by atoms with Crippen LogP contribution < -0.4 is 5.32 Å². The van der Waals surface area contributed by atoms with Gasteiger partial charge < -0.3 is 14.7 Å². The lowest BCUT2D eigenvalue weighted by atomic mass is 9.65. The van der Waals surface area contributed by atoms with Crippen LogP contribution in [0.25, 0.3) is 0 Å². The number of aliphatic imine (C=N–C) groups is 1. The third-order valence-corrected chi connectivity index (χ3v) is 4.33. The first-order valence-electron chi connectivity index (χ1n) is 6.55. The molecule has 1 N–H and O–H groups in total. The Balaban J connectivity index is 0.00000200. The lowest BCUT2D eigenvalue weighted by molar-refractivity contribution is -0.0668. The Morgan fingerprint density at radius 3 is 2.45 bits per heavy atom. The molecule has 1 aliphatic rings. The molecule has 0 saturated carbocycles. The van der Waals surface area contributed by atoms with Gasteiger partial charge in [-0.25, -0.2) is 0 Å². The van der Waals surface area contributed by atoms with E-state index in [1.165, 1.54) is 0 Å². The van der Waals surface area contributed by atoms with E-state index in [-0.39, 0.29) is 34.9 Å². The van der Waals surface area contributed by atoms with Crippen LogP contribution in [-0.4, -0.2) is 40.1 Å². The average Bonchev–Trinajstić information content (AvgIpc) is 2.74. The highest BCUT2D eigenvalue weighted by atomic mass is 127. The van der Waals surface area contributed by atoms with Gasteiger partial charge in [0.15, 0.2) is 11.8 Å². The van der Waals surface area contributed by atoms with E-state index in [0.717, 1.165) is 12.5 Å². The molecular formula is C13H24IN5O. The molecule has 0 aromatic carbocycles. The zero-order chi connectivity index (χ0) is 14.3. The van der Waals surface area contributed by atoms with Crippen LogP contribution >= 0.6 is 24.0 Å². The molecule has 0 atom stereocenters. The van der Waals surface area contributed by atoms with Crippen molar-refractivity contribution in [1.82, 2.24) is 20.4 Å². The van der Waals surface area contributed by atoms with E-state index in [4.69, 9.17) is 4.52 Å². The maximum absolute atomic E-state index is 4.95. The van der Waals surface area contributed by atoms with E-state index >= 15 is 0 Å². The SMILES string of the molecule is CN=C(NCc1noc(C)n1)N1CC(C)(C)C1(C)C.I. The minimum atomic E-state index is 0. The van der Waals surface area contributed by atoms with Crippen LogP contribution in [0, 0.1) is 12.3 Å². The predicted octanol–water partition coefficient (Wildman–Crippen LogP) is 2.19. The lowest BCUT2D eigenvalue weighted by Crippen LogP contribution is -2.72. The van der Waals surface area contributed by atoms with Crippen LogP contribution in [-0.2, 0) is 6.54 Å². The van der Waals surface area contributed by atoms with Crippen molar-refractivity contribution in [2.75, 3.05) is 13.6 Å². The van der Waals surface area contributed by atoms with Gasteiger partial charge in [-0.1, -0.05) is 19.0 Å². The normalized spacial score (nSPS) is 20.1. The zero-order valence-corrected chi connectivity index (χ0v) is 15.3. The van der Waals surface area contributed by atoms with Crippen LogP contribution in [0.2, 0.25) is 0 Å². The minimum absolute atomic E-state index is 0. The Labute approximate surface area is 137 Å². The molecular weight excluding hydrogens is 369 g/mol. The van der Waals surface area contributed by atoms with Gasteiger partial charge >= 0.3 is 0 Å². The topological polar surface area (TPSA) is 66.5 Å². The monoisotopic (exact) mass is 393 g/mol. The van der Waals surface area contributed by atoms with Crippen molar-refractivity contribution in [1.29, 1.82) is 0 Å². The van der Waals surface area contributed by atoms with Crippen molar-refractivity contribution in [3.05, 3.63) is 11.7 Å². The van der Waals surface area contributed by atoms with Crippen LogP contribution in [0.3, 0.4) is 0 Å². The molecule has 1 fully saturated rings. The van der Waals surface area contributed by atoms with Gasteiger partial charge in [0.05, 0.1) is 6.54 Å². The van der Waals surface area contributed by atoms with E-state index in [2.05, 4.69) is 53.0 Å². The average molecular weight is 393 g/mol. The van der Waals surface area contributed by atoms with E-state index < -0.39 is 0 Å². The summed E-state index contributed by atoms with van der Waals surface area (Å²) in [6.07, 6.45) is 0. The molecule has 7 heteroatoms. The van der Waals surface area contributed by atoms with E-state index in [0.29, 0.717) is 18.3 Å². The molecule has 0 aliphatic carbocycles. The van der Waals surface area contributed by atoms with Gasteiger partial charge in [-0.2, -0.15) is 4.98 Å². The molecule has 2 rings (SSSR count). The van der Waals surface area contributed by atoms with Crippen LogP contribution in [0.5, 0.6) is 0 Å². The second-order valence-electron chi connectivity index (χ2n) is 6.16. The molecule has 6 nitrogen and oxygen atoms in total. The number of hydrogen-bond donors (Lipinski definition) is 1. The van der Waals surface area contributed by atoms with E-state index in [1.807, 2.05) is 0 Å². The van der Waals surface area contributed by atoms with Crippen molar-refractivity contribution < 1.29 is 4.52 Å². The first kappa shape index (κ1) is 17.2. The highest BCUT2D eigenvalue weighted by Crippen LogP contribution is 2.46. The molecule has 0 spiro atoms. The number of halogens is 1. The van der Waals surface area contributed by atoms with Gasteiger partial charge in [-0.3, -0.25) is 4.99 Å². The second-order valence-corrected chi connectivity index (χ2v) is 6.16. The summed E-state index contributed by atoms with van der Waals surface area (Å²) in [5.74, 6) is 2.11. The second kappa shape index (κ2) is 5.87. The molecule has 1 aromatic rings. The Hall–Kier alpha value is -0.860. The number of aromatic nitrogens is 2. The maximum Gasteiger partial charge on any atom is 0.223 e. The van der Waals surface area contributed by atoms with Crippen molar-refractivity contribution in [2.45, 2.75) is 46.7 Å². The number of rotatable bonds is 2. The Morgan fingerprint density at radius 1 is 1.40 bits per heavy atom. The largest absolute Gasteiger partial charge is 0.349 e. The van der Waals surface area contributed by atoms with Gasteiger partial charge in [0.2, 0.25) is 5.89 Å². The number of hydrogen-bond acceptors (Lipinski definition) is 4. The molecule has 1 aliphatic heterocycles. The minimum Gasteiger partial charge on any atom is -0.349 e. The third-order valence-electron chi connectivity index (χ3n) is 4.33. The van der Waals surface area contributed by atoms with Crippen molar-refractivity contribution in [3.8, 4) is 0 Å². The molecule has 0 unspecified atom stereocenters. The number of aryl methyl sites for hydroxylation is 1. The summed E-state index contributed by atoms with van der Waals surface area (Å²) in [7, 11) is 1.80. The van der Waals surface area contributed by atoms with E-state index in [1.54, 1.807) is 14.0 Å². The summed E-state index contributed by atoms with van der Waals surface area (Å²) in [6, 6.07) is 0. The third kappa shape index (κ3) is 2.91. The Morgan fingerprint density at radius 2 is 2.05 bits per heavy atom. The molecule has 1 saturated heterocycles. The van der Waals surface area contributed by atoms with E-state index in [9.17, 15) is 0 Å². The van der Waals surface area contributed by atoms with Crippen molar-refractivity contribution in [2.24, 2.45) is 10.4 Å². The summed E-state index contributed by atoms with van der Waals surface area (Å²) in [5, 5.41) is 7.15. The molecule has 0 bridgehead atoms. The number of nitrogens with one attached hydrogen (secondary N) is 1. The van der Waals surface area contributed by atoms with Gasteiger partial charge in [0, 0.05) is 31.5 Å². The quantitative estimate of drug-likeness (QED) is 0.474. The summed E-state index contributed by atoms with van der Waals surface area (Å²) in [6.45, 7) is 12.3. The highest BCUT2D eigenvalue weighted by molar-refractivity contribution is 14.0. The standard InChI is InChI=1S/C13H23N5O.HI/c1-9-16-10(17-19-9)7-15-11(14-6)18-8-12(2,3)13(18,4)5;/h7-8H2,1-6H3,(H,14,15);1H. The molecule has 1 aromatic heterocycles. The molecule has 2 heterocycles. The highest BCUT2D eigenvalue weighted by Gasteiger charge is 2.53. The summed E-state index contributed by atoms with van der Waals surface area (Å²) < 4.78 is 4.95. The Kier molecular flexibility index (Phi) is 5.04. The number of likely N-dealkylation sites (tertiary alicyclic amines) is 1. The first-order valence-corrected chi connectivity index (χ1v) is 6.55. The van der Waals surface area contributed by atoms with Crippen molar-refractivity contribution in [3.63, 3.8) is 0 Å². The van der Waals surface area contributed by atoms with Gasteiger partial charge in [0.1, 0.15) is 0 Å². The Bertz CT molecular complexity index is 495. The molecule has 0 amide bonds. The van der Waals surface area contributed by atoms with Gasteiger partial charge in [0.25, 0.3) is 0 Å². The summed E-state index contributed by atoms with van der Waals surface area (Å²) >= 11 is 0. The van der Waals surface area contributed by atoms with Crippen LogP contribution in [0.1, 0.15) is 39.4 Å². The van der Waals surface area contributed by atoms with Gasteiger partial charge in [-0.15, -0.1) is 24.0 Å². The smallest absolute Gasteiger partial charge is 0.223 e. The predicted molar refractivity (Wildman–Crippen MR) is 89.2 cm³/mol. The zero-order valence-electron chi connectivity index (χ0n) is 13.0. The van der Waals surface area contributed by atoms with Crippen molar-refractivity contribution >= 4 is 29.9 Å². The molecule has 20 heavy (non-hydrogen) atoms. The van der Waals surface area contributed by atoms with Gasteiger partial charge in [-0.05, 0) is 13.8 Å². The van der Waals surface area contributed by atoms with Crippen LogP contribution in [0.15, 0.2) is 9.52 Å². The first-order chi connectivity index (χ1) is 8.78. The number of nitrogens with zero attached hydrogens (tertiary/aromatic N) is 4. The summed E-state index contributed by atoms with van der Waals surface area (Å²) in [5.41, 5.74) is 0.370. The summed E-state index contributed by atoms with van der Waals surface area (Å²) in [4.78, 5) is 10.8. The fourth-order valence-electron chi connectivity index (χ4n) is 2.27. The maximum atomic E-state index is 4.95. The fourth-order valence-corrected chi connectivity index (χ4v) is 2.27. The van der Waals surface area contributed by atoms with Crippen LogP contribution in [0.4, 0.5) is 0 Å². The lowest BCUT2D eigenvalue weighted by Gasteiger charge is -2.62. The number of guanidine groups is 1.